The Kier molecular flexibility index (Phi) is 3.32. The lowest BCUT2D eigenvalue weighted by Crippen LogP contribution is -2.65. The summed E-state index contributed by atoms with van der Waals surface area (Å²) >= 11 is 0. The summed E-state index contributed by atoms with van der Waals surface area (Å²) in [5.74, 6) is -1.12. The van der Waals surface area contributed by atoms with Crippen molar-refractivity contribution in [3.05, 3.63) is 29.3 Å². The van der Waals surface area contributed by atoms with Crippen molar-refractivity contribution >= 4 is 17.5 Å². The number of nitrogens with zero attached hydrogens (tertiary/aromatic N) is 1. The standard InChI is InChI=1S/C17H19N3O6/c18-14(21)7-20-15(22)12-2-1-8(3-13(12)16(20)23)19-17-24-9-4-10(25-17)6-11(5-9)26-17/h1-3,9-11,16,19,23H,4-7H2,(H2,18,21). The highest BCUT2D eigenvalue weighted by Gasteiger charge is 2.55. The number of primary amides is 1. The van der Waals surface area contributed by atoms with Crippen molar-refractivity contribution < 1.29 is 28.9 Å². The fraction of sp³-hybridized carbons (Fsp3) is 0.529. The maximum atomic E-state index is 12.3. The van der Waals surface area contributed by atoms with Gasteiger partial charge in [0.2, 0.25) is 5.91 Å². The van der Waals surface area contributed by atoms with E-state index in [4.69, 9.17) is 19.9 Å². The monoisotopic (exact) mass is 361 g/mol. The molecule has 5 aliphatic rings. The number of benzene rings is 1. The largest absolute Gasteiger partial charge is 0.375 e. The summed E-state index contributed by atoms with van der Waals surface area (Å²) in [4.78, 5) is 24.5. The fourth-order valence-corrected chi connectivity index (χ4v) is 4.27. The number of aliphatic hydroxyl groups excluding tert-OH is 1. The zero-order valence-electron chi connectivity index (χ0n) is 13.9. The van der Waals surface area contributed by atoms with Crippen LogP contribution in [0.2, 0.25) is 0 Å². The maximum absolute atomic E-state index is 12.3. The first-order chi connectivity index (χ1) is 12.4. The summed E-state index contributed by atoms with van der Waals surface area (Å²) in [7, 11) is 0. The van der Waals surface area contributed by atoms with Gasteiger partial charge in [0.1, 0.15) is 6.54 Å². The molecule has 26 heavy (non-hydrogen) atoms. The summed E-state index contributed by atoms with van der Waals surface area (Å²) in [5.41, 5.74) is 6.46. The van der Waals surface area contributed by atoms with Crippen LogP contribution in [0, 0.1) is 0 Å². The Morgan fingerprint density at radius 1 is 1.23 bits per heavy atom. The minimum atomic E-state index is -1.33. The normalized spacial score (nSPS) is 37.1. The lowest BCUT2D eigenvalue weighted by atomic mass is 9.90. The number of aliphatic hydroxyl groups is 1. The lowest BCUT2D eigenvalue weighted by molar-refractivity contribution is -0.480. The molecule has 6 rings (SSSR count). The summed E-state index contributed by atoms with van der Waals surface area (Å²) in [5, 5.41) is 13.5. The van der Waals surface area contributed by atoms with Crippen molar-refractivity contribution in [1.29, 1.82) is 0 Å². The van der Waals surface area contributed by atoms with Crippen LogP contribution in [0.5, 0.6) is 0 Å². The topological polar surface area (TPSA) is 123 Å². The first-order valence-corrected chi connectivity index (χ1v) is 8.65. The molecule has 1 aromatic rings. The molecule has 1 aliphatic carbocycles. The van der Waals surface area contributed by atoms with Crippen molar-refractivity contribution in [2.75, 3.05) is 11.9 Å². The minimum Gasteiger partial charge on any atom is -0.369 e. The number of amides is 2. The van der Waals surface area contributed by atoms with Crippen molar-refractivity contribution in [3.63, 3.8) is 0 Å². The fourth-order valence-electron chi connectivity index (χ4n) is 4.27. The number of carbonyl (C=O) groups is 2. The van der Waals surface area contributed by atoms with Gasteiger partial charge in [-0.3, -0.25) is 14.5 Å². The van der Waals surface area contributed by atoms with Crippen molar-refractivity contribution in [2.45, 2.75) is 49.9 Å². The Labute approximate surface area is 149 Å². The second kappa shape index (κ2) is 5.40. The van der Waals surface area contributed by atoms with Gasteiger partial charge in [0.15, 0.2) is 6.23 Å². The molecule has 3 saturated heterocycles. The zero-order valence-corrected chi connectivity index (χ0v) is 13.9. The molecule has 4 bridgehead atoms. The third-order valence-electron chi connectivity index (χ3n) is 5.28. The quantitative estimate of drug-likeness (QED) is 0.690. The summed E-state index contributed by atoms with van der Waals surface area (Å²) < 4.78 is 17.7. The van der Waals surface area contributed by atoms with Gasteiger partial charge in [-0.1, -0.05) is 0 Å². The van der Waals surface area contributed by atoms with E-state index < -0.39 is 24.1 Å². The molecule has 0 aromatic heterocycles. The molecule has 4 fully saturated rings. The smallest absolute Gasteiger partial charge is 0.369 e. The Hall–Kier alpha value is -2.20. The molecule has 4 N–H and O–H groups in total. The highest BCUT2D eigenvalue weighted by atomic mass is 16.9. The van der Waals surface area contributed by atoms with E-state index in [1.54, 1.807) is 18.2 Å². The van der Waals surface area contributed by atoms with E-state index in [1.807, 2.05) is 0 Å². The predicted octanol–water partition coefficient (Wildman–Crippen LogP) is 0.00850. The third-order valence-corrected chi connectivity index (χ3v) is 5.28. The van der Waals surface area contributed by atoms with Crippen LogP contribution >= 0.6 is 0 Å². The van der Waals surface area contributed by atoms with Crippen LogP contribution in [0.3, 0.4) is 0 Å². The van der Waals surface area contributed by atoms with E-state index in [-0.39, 0.29) is 24.9 Å². The molecule has 4 aliphatic heterocycles. The molecule has 2 amide bonds. The SMILES string of the molecule is NC(=O)CN1C(=O)c2ccc(NC34OC5CC(CC(C5)O3)O4)cc2C1O. The van der Waals surface area contributed by atoms with Gasteiger partial charge in [-0.15, -0.1) is 0 Å². The zero-order chi connectivity index (χ0) is 18.1. The van der Waals surface area contributed by atoms with Crippen LogP contribution in [0.15, 0.2) is 18.2 Å². The lowest BCUT2D eigenvalue weighted by Gasteiger charge is -2.54. The molecule has 1 saturated carbocycles. The van der Waals surface area contributed by atoms with Gasteiger partial charge in [0, 0.05) is 36.1 Å². The highest BCUT2D eigenvalue weighted by molar-refractivity contribution is 6.01. The van der Waals surface area contributed by atoms with Crippen molar-refractivity contribution in [1.82, 2.24) is 4.90 Å². The van der Waals surface area contributed by atoms with Crippen LogP contribution in [0.1, 0.15) is 41.4 Å². The number of fused-ring (bicyclic) bond motifs is 1. The molecular weight excluding hydrogens is 342 g/mol. The second-order valence-corrected chi connectivity index (χ2v) is 7.18. The van der Waals surface area contributed by atoms with Crippen LogP contribution < -0.4 is 11.1 Å². The molecule has 1 unspecified atom stereocenters. The average molecular weight is 361 g/mol. The molecule has 9 nitrogen and oxygen atoms in total. The molecule has 4 heterocycles. The molecule has 1 atom stereocenters. The average Bonchev–Trinajstić information content (AvgIpc) is 2.77. The number of carbonyl (C=O) groups excluding carboxylic acids is 2. The Morgan fingerprint density at radius 3 is 2.42 bits per heavy atom. The predicted molar refractivity (Wildman–Crippen MR) is 86.5 cm³/mol. The van der Waals surface area contributed by atoms with Crippen LogP contribution in [0.25, 0.3) is 0 Å². The van der Waals surface area contributed by atoms with Crippen LogP contribution in [-0.2, 0) is 19.0 Å². The number of anilines is 1. The van der Waals surface area contributed by atoms with Crippen LogP contribution in [-0.4, -0.2) is 52.8 Å². The molecule has 1 aromatic carbocycles. The first kappa shape index (κ1) is 16.0. The highest BCUT2D eigenvalue weighted by Crippen LogP contribution is 2.45. The van der Waals surface area contributed by atoms with Gasteiger partial charge < -0.3 is 30.4 Å². The second-order valence-electron chi connectivity index (χ2n) is 7.18. The van der Waals surface area contributed by atoms with Crippen molar-refractivity contribution in [2.24, 2.45) is 5.73 Å². The molecule has 138 valence electrons. The van der Waals surface area contributed by atoms with Crippen LogP contribution in [0.4, 0.5) is 5.69 Å². The summed E-state index contributed by atoms with van der Waals surface area (Å²) in [6.45, 7) is -0.345. The summed E-state index contributed by atoms with van der Waals surface area (Å²) in [6.07, 6.45) is 0.327. The van der Waals surface area contributed by atoms with Gasteiger partial charge in [-0.05, 0) is 18.2 Å². The van der Waals surface area contributed by atoms with E-state index in [0.29, 0.717) is 16.8 Å². The van der Waals surface area contributed by atoms with E-state index in [2.05, 4.69) is 5.32 Å². The van der Waals surface area contributed by atoms with Gasteiger partial charge in [-0.2, -0.15) is 0 Å². The van der Waals surface area contributed by atoms with E-state index in [9.17, 15) is 14.7 Å². The number of nitrogens with two attached hydrogens (primary N) is 1. The Bertz CT molecular complexity index is 761. The first-order valence-electron chi connectivity index (χ1n) is 8.65. The molecule has 0 spiro atoms. The van der Waals surface area contributed by atoms with Gasteiger partial charge >= 0.3 is 6.10 Å². The van der Waals surface area contributed by atoms with Gasteiger partial charge in [0.05, 0.1) is 18.3 Å². The molecule has 9 heteroatoms. The molecule has 0 radical (unpaired) electrons. The van der Waals surface area contributed by atoms with Gasteiger partial charge in [-0.25, -0.2) is 0 Å². The number of hydrogen-bond donors (Lipinski definition) is 3. The number of ether oxygens (including phenoxy) is 3. The Morgan fingerprint density at radius 2 is 1.85 bits per heavy atom. The number of hydrogen-bond acceptors (Lipinski definition) is 7. The summed E-state index contributed by atoms with van der Waals surface area (Å²) in [6, 6.07) is 4.91. The van der Waals surface area contributed by atoms with E-state index in [1.165, 1.54) is 0 Å². The number of rotatable bonds is 4. The molecular formula is C17H19N3O6. The van der Waals surface area contributed by atoms with E-state index in [0.717, 1.165) is 24.2 Å². The minimum absolute atomic E-state index is 0.0985. The number of nitrogens with one attached hydrogen (secondary N) is 1. The Balaban J connectivity index is 1.41. The maximum Gasteiger partial charge on any atom is 0.375 e. The van der Waals surface area contributed by atoms with E-state index >= 15 is 0 Å². The third kappa shape index (κ3) is 2.39. The van der Waals surface area contributed by atoms with Crippen molar-refractivity contribution in [3.8, 4) is 0 Å². The van der Waals surface area contributed by atoms with Gasteiger partial charge in [0.25, 0.3) is 5.91 Å².